The van der Waals surface area contributed by atoms with Gasteiger partial charge in [0, 0.05) is 41.2 Å². The summed E-state index contributed by atoms with van der Waals surface area (Å²) in [5.41, 5.74) is 10.6. The molecule has 8 heteroatoms. The van der Waals surface area contributed by atoms with Crippen molar-refractivity contribution in [2.24, 2.45) is 0 Å². The Bertz CT molecular complexity index is 1640. The normalized spacial score (nSPS) is 11.5. The van der Waals surface area contributed by atoms with Crippen LogP contribution in [0.15, 0.2) is 109 Å². The molecule has 3 amide bonds. The van der Waals surface area contributed by atoms with E-state index in [0.29, 0.717) is 28.9 Å². The van der Waals surface area contributed by atoms with Gasteiger partial charge in [-0.05, 0) is 53.6 Å². The maximum absolute atomic E-state index is 13.3. The van der Waals surface area contributed by atoms with Crippen LogP contribution < -0.4 is 21.7 Å². The number of H-pyrrole nitrogens is 1. The molecule has 1 aromatic heterocycles. The first-order chi connectivity index (χ1) is 19.5. The summed E-state index contributed by atoms with van der Waals surface area (Å²) in [4.78, 5) is 42.1. The molecule has 4 aromatic carbocycles. The zero-order valence-corrected chi connectivity index (χ0v) is 21.7. The highest BCUT2D eigenvalue weighted by atomic mass is 16.2. The van der Waals surface area contributed by atoms with E-state index in [9.17, 15) is 14.4 Å². The van der Waals surface area contributed by atoms with E-state index in [1.165, 1.54) is 0 Å². The van der Waals surface area contributed by atoms with Gasteiger partial charge in [-0.3, -0.25) is 14.4 Å². The smallest absolute Gasteiger partial charge is 0.255 e. The topological polar surface area (TPSA) is 129 Å². The van der Waals surface area contributed by atoms with Crippen LogP contribution in [0.4, 0.5) is 11.4 Å². The number of nitrogen functional groups attached to an aromatic ring is 1. The summed E-state index contributed by atoms with van der Waals surface area (Å²) >= 11 is 0. The highest BCUT2D eigenvalue weighted by Gasteiger charge is 2.23. The lowest BCUT2D eigenvalue weighted by molar-refractivity contribution is -0.123. The van der Waals surface area contributed by atoms with Crippen LogP contribution in [-0.4, -0.2) is 28.7 Å². The second-order valence-corrected chi connectivity index (χ2v) is 9.41. The minimum atomic E-state index is -0.798. The summed E-state index contributed by atoms with van der Waals surface area (Å²) in [6.07, 6.45) is 2.18. The van der Waals surface area contributed by atoms with Crippen LogP contribution in [0.2, 0.25) is 0 Å². The van der Waals surface area contributed by atoms with Crippen molar-refractivity contribution in [3.63, 3.8) is 0 Å². The Balaban J connectivity index is 1.26. The molecule has 0 aliphatic carbocycles. The van der Waals surface area contributed by atoms with Crippen LogP contribution in [-0.2, 0) is 17.8 Å². The van der Waals surface area contributed by atoms with Gasteiger partial charge in [0.1, 0.15) is 6.04 Å². The van der Waals surface area contributed by atoms with Gasteiger partial charge in [0.25, 0.3) is 11.8 Å². The van der Waals surface area contributed by atoms with Crippen LogP contribution in [0.25, 0.3) is 10.9 Å². The Kier molecular flexibility index (Phi) is 7.87. The lowest BCUT2D eigenvalue weighted by atomic mass is 10.0. The number of benzene rings is 4. The monoisotopic (exact) mass is 531 g/mol. The standard InChI is InChI=1S/C32H29N5O3/c33-26-11-5-7-13-28(26)36-31(39)23-16-14-21(15-17-23)19-35-32(40)29(37-30(38)22-8-2-1-3-9-22)18-24-20-34-27-12-6-4-10-25(24)27/h1-17,20,29,34H,18-19,33H2,(H,35,40)(H,36,39)(H,37,38)/t29-/m1/s1. The fourth-order valence-electron chi connectivity index (χ4n) is 4.45. The molecule has 1 atom stereocenters. The molecule has 0 bridgehead atoms. The number of hydrogen-bond donors (Lipinski definition) is 5. The number of carbonyl (C=O) groups excluding carboxylic acids is 3. The Morgan fingerprint density at radius 1 is 0.750 bits per heavy atom. The maximum atomic E-state index is 13.3. The zero-order valence-electron chi connectivity index (χ0n) is 21.7. The molecule has 0 fully saturated rings. The van der Waals surface area contributed by atoms with E-state index in [0.717, 1.165) is 22.0 Å². The summed E-state index contributed by atoms with van der Waals surface area (Å²) in [5.74, 6) is -0.915. The van der Waals surface area contributed by atoms with Gasteiger partial charge in [-0.1, -0.05) is 60.7 Å². The zero-order chi connectivity index (χ0) is 27.9. The van der Waals surface area contributed by atoms with Crippen LogP contribution in [0.1, 0.15) is 31.8 Å². The Labute approximate surface area is 231 Å². The number of hydrogen-bond acceptors (Lipinski definition) is 4. The first kappa shape index (κ1) is 26.2. The number of anilines is 2. The predicted octanol–water partition coefficient (Wildman–Crippen LogP) is 4.66. The summed E-state index contributed by atoms with van der Waals surface area (Å²) < 4.78 is 0. The predicted molar refractivity (Wildman–Crippen MR) is 157 cm³/mol. The number of fused-ring (bicyclic) bond motifs is 1. The number of aromatic amines is 1. The number of carbonyl (C=O) groups is 3. The molecule has 0 unspecified atom stereocenters. The number of amides is 3. The second-order valence-electron chi connectivity index (χ2n) is 9.41. The van der Waals surface area contributed by atoms with E-state index in [4.69, 9.17) is 5.73 Å². The summed E-state index contributed by atoms with van der Waals surface area (Å²) in [5, 5.41) is 9.63. The molecule has 0 spiro atoms. The number of nitrogens with one attached hydrogen (secondary N) is 4. The third kappa shape index (κ3) is 6.19. The minimum absolute atomic E-state index is 0.234. The molecule has 0 radical (unpaired) electrons. The van der Waals surface area contributed by atoms with Crippen LogP contribution in [0, 0.1) is 0 Å². The van der Waals surface area contributed by atoms with Gasteiger partial charge < -0.3 is 26.7 Å². The Morgan fingerprint density at radius 2 is 1.43 bits per heavy atom. The van der Waals surface area contributed by atoms with E-state index in [1.54, 1.807) is 72.8 Å². The van der Waals surface area contributed by atoms with Crippen molar-refractivity contribution in [2.75, 3.05) is 11.1 Å². The third-order valence-electron chi connectivity index (χ3n) is 6.65. The lowest BCUT2D eigenvalue weighted by Gasteiger charge is -2.19. The Hall–Kier alpha value is -5.37. The maximum Gasteiger partial charge on any atom is 0.255 e. The van der Waals surface area contributed by atoms with Gasteiger partial charge in [-0.25, -0.2) is 0 Å². The molecule has 6 N–H and O–H groups in total. The van der Waals surface area contributed by atoms with Crippen molar-refractivity contribution in [3.8, 4) is 0 Å². The fourth-order valence-corrected chi connectivity index (χ4v) is 4.45. The van der Waals surface area contributed by atoms with Crippen molar-refractivity contribution < 1.29 is 14.4 Å². The van der Waals surface area contributed by atoms with E-state index < -0.39 is 6.04 Å². The largest absolute Gasteiger partial charge is 0.397 e. The molecular weight excluding hydrogens is 502 g/mol. The highest BCUT2D eigenvalue weighted by molar-refractivity contribution is 6.05. The third-order valence-corrected chi connectivity index (χ3v) is 6.65. The van der Waals surface area contributed by atoms with Crippen molar-refractivity contribution >= 4 is 40.0 Å². The van der Waals surface area contributed by atoms with E-state index in [1.807, 2.05) is 36.5 Å². The van der Waals surface area contributed by atoms with E-state index in [-0.39, 0.29) is 24.3 Å². The molecule has 200 valence electrons. The number of para-hydroxylation sites is 3. The number of rotatable bonds is 9. The van der Waals surface area contributed by atoms with Crippen LogP contribution in [0.3, 0.4) is 0 Å². The molecule has 5 aromatic rings. The fraction of sp³-hybridized carbons (Fsp3) is 0.0938. The van der Waals surface area contributed by atoms with Gasteiger partial charge in [-0.15, -0.1) is 0 Å². The van der Waals surface area contributed by atoms with Gasteiger partial charge in [0.15, 0.2) is 0 Å². The minimum Gasteiger partial charge on any atom is -0.397 e. The molecule has 0 saturated carbocycles. The molecule has 8 nitrogen and oxygen atoms in total. The highest BCUT2D eigenvalue weighted by Crippen LogP contribution is 2.20. The quantitative estimate of drug-likeness (QED) is 0.177. The van der Waals surface area contributed by atoms with E-state index >= 15 is 0 Å². The summed E-state index contributed by atoms with van der Waals surface area (Å²) in [6, 6.07) is 29.8. The molecule has 0 aliphatic heterocycles. The average molecular weight is 532 g/mol. The SMILES string of the molecule is Nc1ccccc1NC(=O)c1ccc(CNC(=O)[C@@H](Cc2c[nH]c3ccccc23)NC(=O)c2ccccc2)cc1. The average Bonchev–Trinajstić information content (AvgIpc) is 3.40. The van der Waals surface area contributed by atoms with Gasteiger partial charge in [0.05, 0.1) is 11.4 Å². The second kappa shape index (κ2) is 12.0. The van der Waals surface area contributed by atoms with Gasteiger partial charge >= 0.3 is 0 Å². The Morgan fingerprint density at radius 3 is 2.20 bits per heavy atom. The summed E-state index contributed by atoms with van der Waals surface area (Å²) in [6.45, 7) is 0.234. The van der Waals surface area contributed by atoms with E-state index in [2.05, 4.69) is 20.9 Å². The first-order valence-corrected chi connectivity index (χ1v) is 12.9. The summed E-state index contributed by atoms with van der Waals surface area (Å²) in [7, 11) is 0. The number of aromatic nitrogens is 1. The molecule has 1 heterocycles. The lowest BCUT2D eigenvalue weighted by Crippen LogP contribution is -2.47. The van der Waals surface area contributed by atoms with Crippen molar-refractivity contribution in [1.82, 2.24) is 15.6 Å². The molecular formula is C32H29N5O3. The van der Waals surface area contributed by atoms with Crippen molar-refractivity contribution in [3.05, 3.63) is 132 Å². The van der Waals surface area contributed by atoms with Crippen LogP contribution in [0.5, 0.6) is 0 Å². The molecule has 0 aliphatic rings. The van der Waals surface area contributed by atoms with Crippen molar-refractivity contribution in [2.45, 2.75) is 19.0 Å². The van der Waals surface area contributed by atoms with Gasteiger partial charge in [-0.2, -0.15) is 0 Å². The number of nitrogens with two attached hydrogens (primary N) is 1. The van der Waals surface area contributed by atoms with Gasteiger partial charge in [0.2, 0.25) is 5.91 Å². The molecule has 40 heavy (non-hydrogen) atoms. The molecule has 5 rings (SSSR count). The molecule has 0 saturated heterocycles. The van der Waals surface area contributed by atoms with Crippen LogP contribution >= 0.6 is 0 Å². The van der Waals surface area contributed by atoms with Crippen molar-refractivity contribution in [1.29, 1.82) is 0 Å². The first-order valence-electron chi connectivity index (χ1n) is 12.9.